The minimum Gasteiger partial charge on any atom is -0.380 e. The molecule has 2 aliphatic carbocycles. The van der Waals surface area contributed by atoms with Gasteiger partial charge in [0.15, 0.2) is 5.13 Å². The van der Waals surface area contributed by atoms with Crippen LogP contribution < -0.4 is 15.4 Å². The molecule has 28 heavy (non-hydrogen) atoms. The van der Waals surface area contributed by atoms with Gasteiger partial charge in [-0.2, -0.15) is 0 Å². The zero-order valence-electron chi connectivity index (χ0n) is 15.7. The summed E-state index contributed by atoms with van der Waals surface area (Å²) in [4.78, 5) is 3.61. The molecule has 1 aromatic heterocycles. The number of nitrogens with zero attached hydrogens (tertiary/aromatic N) is 1. The van der Waals surface area contributed by atoms with Crippen molar-refractivity contribution in [3.8, 4) is 0 Å². The Morgan fingerprint density at radius 3 is 2.54 bits per heavy atom. The molecular weight excluding hydrogens is 399 g/mol. The highest BCUT2D eigenvalue weighted by atomic mass is 32.2. The zero-order chi connectivity index (χ0) is 19.7. The predicted octanol–water partition coefficient (Wildman–Crippen LogP) is 3.90. The van der Waals surface area contributed by atoms with Crippen LogP contribution >= 0.6 is 11.3 Å². The van der Waals surface area contributed by atoms with Crippen LogP contribution in [0.2, 0.25) is 0 Å². The van der Waals surface area contributed by atoms with Gasteiger partial charge < -0.3 is 10.6 Å². The zero-order valence-corrected chi connectivity index (χ0v) is 17.4. The Bertz CT molecular complexity index is 930. The molecule has 0 spiro atoms. The molecule has 0 radical (unpaired) electrons. The molecule has 0 unspecified atom stereocenters. The summed E-state index contributed by atoms with van der Waals surface area (Å²) in [6, 6.07) is 3.40. The maximum absolute atomic E-state index is 14.9. The summed E-state index contributed by atoms with van der Waals surface area (Å²) < 4.78 is 42.6. The summed E-state index contributed by atoms with van der Waals surface area (Å²) >= 11 is 1.16. The molecule has 0 saturated heterocycles. The lowest BCUT2D eigenvalue weighted by atomic mass is 9.90. The van der Waals surface area contributed by atoms with Gasteiger partial charge in [-0.05, 0) is 56.3 Å². The summed E-state index contributed by atoms with van der Waals surface area (Å²) in [5.41, 5.74) is 1.61. The highest BCUT2D eigenvalue weighted by Crippen LogP contribution is 2.45. The Morgan fingerprint density at radius 2 is 1.89 bits per heavy atom. The van der Waals surface area contributed by atoms with Gasteiger partial charge in [-0.15, -0.1) is 11.3 Å². The molecule has 6 nitrogen and oxygen atoms in total. The van der Waals surface area contributed by atoms with E-state index in [1.807, 2.05) is 7.05 Å². The van der Waals surface area contributed by atoms with Crippen LogP contribution in [0.4, 0.5) is 15.2 Å². The second-order valence-corrected chi connectivity index (χ2v) is 10.1. The number of nitrogens with one attached hydrogen (secondary N) is 3. The fraction of sp³-hybridized carbons (Fsp3) is 0.526. The molecule has 1 heterocycles. The van der Waals surface area contributed by atoms with Gasteiger partial charge in [0.2, 0.25) is 0 Å². The van der Waals surface area contributed by atoms with E-state index in [2.05, 4.69) is 20.3 Å². The maximum atomic E-state index is 14.9. The van der Waals surface area contributed by atoms with Crippen molar-refractivity contribution in [2.45, 2.75) is 61.4 Å². The molecule has 3 N–H and O–H groups in total. The first-order valence-corrected chi connectivity index (χ1v) is 12.0. The summed E-state index contributed by atoms with van der Waals surface area (Å²) in [7, 11) is -2.07. The molecule has 0 aliphatic heterocycles. The highest BCUT2D eigenvalue weighted by Gasteiger charge is 2.32. The number of rotatable bonds is 7. The van der Waals surface area contributed by atoms with Crippen LogP contribution in [0.25, 0.3) is 0 Å². The molecule has 2 fully saturated rings. The lowest BCUT2D eigenvalue weighted by Gasteiger charge is -2.33. The third kappa shape index (κ3) is 4.16. The summed E-state index contributed by atoms with van der Waals surface area (Å²) in [5, 5.41) is 8.75. The van der Waals surface area contributed by atoms with Crippen LogP contribution in [0.15, 0.2) is 28.6 Å². The average Bonchev–Trinajstić information content (AvgIpc) is 3.39. The first-order valence-electron chi connectivity index (χ1n) is 9.67. The Labute approximate surface area is 169 Å². The molecule has 0 bridgehead atoms. The van der Waals surface area contributed by atoms with Gasteiger partial charge in [-0.3, -0.25) is 4.72 Å². The predicted molar refractivity (Wildman–Crippen MR) is 110 cm³/mol. The maximum Gasteiger partial charge on any atom is 0.266 e. The van der Waals surface area contributed by atoms with Crippen molar-refractivity contribution in [1.29, 1.82) is 0 Å². The van der Waals surface area contributed by atoms with E-state index >= 15 is 0 Å². The minimum absolute atomic E-state index is 0.214. The number of thiazole rings is 1. The lowest BCUT2D eigenvalue weighted by molar-refractivity contribution is 0.361. The number of aromatic nitrogens is 1. The van der Waals surface area contributed by atoms with Gasteiger partial charge in [-0.25, -0.2) is 17.8 Å². The minimum atomic E-state index is -4.02. The van der Waals surface area contributed by atoms with Crippen molar-refractivity contribution in [1.82, 2.24) is 10.3 Å². The van der Waals surface area contributed by atoms with Gasteiger partial charge in [0.1, 0.15) is 10.7 Å². The quantitative estimate of drug-likeness (QED) is 0.628. The first kappa shape index (κ1) is 19.6. The SMILES string of the molecule is CN[C@H]1CCCC[C@@H]1Nc1cc(F)c(S(=O)(=O)Nc2nccs2)cc1C1CC1. The molecule has 1 aromatic carbocycles. The van der Waals surface area contributed by atoms with E-state index < -0.39 is 15.8 Å². The van der Waals surface area contributed by atoms with Gasteiger partial charge >= 0.3 is 0 Å². The third-order valence-corrected chi connectivity index (χ3v) is 7.71. The van der Waals surface area contributed by atoms with Gasteiger partial charge in [0.05, 0.1) is 0 Å². The Morgan fingerprint density at radius 1 is 1.14 bits per heavy atom. The summed E-state index contributed by atoms with van der Waals surface area (Å²) in [6.45, 7) is 0. The third-order valence-electron chi connectivity index (χ3n) is 5.54. The molecule has 4 rings (SSSR count). The van der Waals surface area contributed by atoms with E-state index in [-0.39, 0.29) is 22.0 Å². The van der Waals surface area contributed by atoms with Crippen molar-refractivity contribution in [2.75, 3.05) is 17.1 Å². The summed E-state index contributed by atoms with van der Waals surface area (Å²) in [5.74, 6) is -0.457. The number of benzene rings is 1. The van der Waals surface area contributed by atoms with E-state index in [0.29, 0.717) is 6.04 Å². The number of hydrogen-bond acceptors (Lipinski definition) is 6. The van der Waals surface area contributed by atoms with Gasteiger partial charge in [0, 0.05) is 29.3 Å². The van der Waals surface area contributed by atoms with Crippen LogP contribution in [0, 0.1) is 5.82 Å². The number of likely N-dealkylation sites (N-methyl/N-ethyl adjacent to an activating group) is 1. The van der Waals surface area contributed by atoms with E-state index in [9.17, 15) is 12.8 Å². The smallest absolute Gasteiger partial charge is 0.266 e. The van der Waals surface area contributed by atoms with Crippen molar-refractivity contribution < 1.29 is 12.8 Å². The van der Waals surface area contributed by atoms with Crippen LogP contribution in [0.1, 0.15) is 50.0 Å². The number of anilines is 2. The van der Waals surface area contributed by atoms with Gasteiger partial charge in [-0.1, -0.05) is 12.8 Å². The Hall–Kier alpha value is -1.71. The van der Waals surface area contributed by atoms with Crippen molar-refractivity contribution in [2.24, 2.45) is 0 Å². The standard InChI is InChI=1S/C19H25FN4O2S2/c1-21-15-4-2-3-5-16(15)23-17-11-14(20)18(10-13(17)12-6-7-12)28(25,26)24-19-22-8-9-27-19/h8-12,15-16,21,23H,2-7H2,1H3,(H,22,24)/t15-,16-/m0/s1. The monoisotopic (exact) mass is 424 g/mol. The first-order chi connectivity index (χ1) is 13.5. The fourth-order valence-corrected chi connectivity index (χ4v) is 5.81. The van der Waals surface area contributed by atoms with E-state index in [1.54, 1.807) is 5.38 Å². The molecular formula is C19H25FN4O2S2. The van der Waals surface area contributed by atoms with Crippen LogP contribution in [0.5, 0.6) is 0 Å². The lowest BCUT2D eigenvalue weighted by Crippen LogP contribution is -2.44. The molecule has 2 atom stereocenters. The van der Waals surface area contributed by atoms with Crippen molar-refractivity contribution in [3.63, 3.8) is 0 Å². The Kier molecular flexibility index (Phi) is 5.57. The van der Waals surface area contributed by atoms with E-state index in [4.69, 9.17) is 0 Å². The van der Waals surface area contributed by atoms with Gasteiger partial charge in [0.25, 0.3) is 10.0 Å². The number of sulfonamides is 1. The van der Waals surface area contributed by atoms with Crippen molar-refractivity contribution >= 4 is 32.2 Å². The average molecular weight is 425 g/mol. The van der Waals surface area contributed by atoms with Crippen molar-refractivity contribution in [3.05, 3.63) is 35.1 Å². The molecule has 2 saturated carbocycles. The fourth-order valence-electron chi connectivity index (χ4n) is 3.92. The Balaban J connectivity index is 1.65. The van der Waals surface area contributed by atoms with Crippen LogP contribution in [0.3, 0.4) is 0 Å². The molecule has 2 aliphatic rings. The van der Waals surface area contributed by atoms with Crippen LogP contribution in [-0.2, 0) is 10.0 Å². The molecule has 2 aromatic rings. The second-order valence-electron chi connectivity index (χ2n) is 7.52. The number of hydrogen-bond donors (Lipinski definition) is 3. The largest absolute Gasteiger partial charge is 0.380 e. The number of halogens is 1. The molecule has 9 heteroatoms. The van der Waals surface area contributed by atoms with E-state index in [0.717, 1.165) is 54.7 Å². The summed E-state index contributed by atoms with van der Waals surface area (Å²) in [6.07, 6.45) is 7.93. The highest BCUT2D eigenvalue weighted by molar-refractivity contribution is 7.93. The molecule has 0 amide bonds. The molecule has 152 valence electrons. The van der Waals surface area contributed by atoms with Crippen LogP contribution in [-0.4, -0.2) is 32.5 Å². The topological polar surface area (TPSA) is 83.1 Å². The van der Waals surface area contributed by atoms with E-state index in [1.165, 1.54) is 24.8 Å². The normalized spacial score (nSPS) is 22.8. The second kappa shape index (κ2) is 7.96.